The topological polar surface area (TPSA) is 78.9 Å². The third-order valence-electron chi connectivity index (χ3n) is 4.22. The van der Waals surface area contributed by atoms with Gasteiger partial charge in [0.2, 0.25) is 5.91 Å². The molecule has 0 bridgehead atoms. The number of carbonyl (C=O) groups is 2. The van der Waals surface area contributed by atoms with E-state index in [9.17, 15) is 9.59 Å². The molecule has 2 fully saturated rings. The van der Waals surface area contributed by atoms with Gasteiger partial charge in [0.15, 0.2) is 0 Å². The van der Waals surface area contributed by atoms with E-state index in [1.807, 2.05) is 13.8 Å². The molecule has 0 aromatic heterocycles. The van der Waals surface area contributed by atoms with Crippen LogP contribution < -0.4 is 5.32 Å². The van der Waals surface area contributed by atoms with Crippen LogP contribution in [-0.4, -0.2) is 60.3 Å². The van der Waals surface area contributed by atoms with Gasteiger partial charge in [0, 0.05) is 18.6 Å². The van der Waals surface area contributed by atoms with Crippen molar-refractivity contribution < 1.29 is 19.4 Å². The van der Waals surface area contributed by atoms with Gasteiger partial charge in [-0.25, -0.2) is 0 Å². The molecule has 2 rings (SSSR count). The Morgan fingerprint density at radius 2 is 2.11 bits per heavy atom. The van der Waals surface area contributed by atoms with Crippen LogP contribution in [0.1, 0.15) is 20.3 Å². The number of carboxylic acid groups (broad SMARTS) is 1. The van der Waals surface area contributed by atoms with Gasteiger partial charge in [0.25, 0.3) is 0 Å². The maximum atomic E-state index is 12.5. The van der Waals surface area contributed by atoms with Crippen LogP contribution in [0.4, 0.5) is 0 Å². The molecule has 108 valence electrons. The van der Waals surface area contributed by atoms with Crippen LogP contribution in [0.15, 0.2) is 0 Å². The fraction of sp³-hybridized carbons (Fsp3) is 0.846. The van der Waals surface area contributed by atoms with Crippen LogP contribution in [0.25, 0.3) is 0 Å². The summed E-state index contributed by atoms with van der Waals surface area (Å²) in [4.78, 5) is 25.3. The van der Waals surface area contributed by atoms with Gasteiger partial charge < -0.3 is 20.1 Å². The zero-order valence-electron chi connectivity index (χ0n) is 11.5. The van der Waals surface area contributed by atoms with Crippen LogP contribution in [0, 0.1) is 11.8 Å². The second kappa shape index (κ2) is 5.88. The minimum atomic E-state index is -0.811. The summed E-state index contributed by atoms with van der Waals surface area (Å²) >= 11 is 0. The molecule has 0 spiro atoms. The molecule has 0 radical (unpaired) electrons. The van der Waals surface area contributed by atoms with Gasteiger partial charge in [-0.3, -0.25) is 9.59 Å². The van der Waals surface area contributed by atoms with E-state index in [1.165, 1.54) is 0 Å². The number of likely N-dealkylation sites (N-methyl/N-ethyl adjacent to an activating group) is 1. The predicted octanol–water partition coefficient (Wildman–Crippen LogP) is -0.0675. The normalized spacial score (nSPS) is 34.7. The number of nitrogens with one attached hydrogen (secondary N) is 1. The van der Waals surface area contributed by atoms with Gasteiger partial charge >= 0.3 is 5.97 Å². The molecule has 19 heavy (non-hydrogen) atoms. The molecule has 0 saturated carbocycles. The third kappa shape index (κ3) is 2.74. The summed E-state index contributed by atoms with van der Waals surface area (Å²) in [6, 6.07) is -0.179. The molecule has 2 heterocycles. The van der Waals surface area contributed by atoms with Crippen LogP contribution in [-0.2, 0) is 14.3 Å². The first kappa shape index (κ1) is 14.3. The second-order valence-corrected chi connectivity index (χ2v) is 5.31. The lowest BCUT2D eigenvalue weighted by atomic mass is 9.99. The summed E-state index contributed by atoms with van der Waals surface area (Å²) < 4.78 is 5.39. The van der Waals surface area contributed by atoms with Crippen molar-refractivity contribution in [2.45, 2.75) is 32.4 Å². The second-order valence-electron chi connectivity index (χ2n) is 5.31. The molecule has 0 aromatic carbocycles. The summed E-state index contributed by atoms with van der Waals surface area (Å²) in [5.74, 6) is -1.41. The zero-order chi connectivity index (χ0) is 14.0. The van der Waals surface area contributed by atoms with E-state index >= 15 is 0 Å². The first-order valence-corrected chi connectivity index (χ1v) is 6.90. The van der Waals surface area contributed by atoms with E-state index < -0.39 is 11.9 Å². The number of rotatable bonds is 4. The summed E-state index contributed by atoms with van der Waals surface area (Å²) in [5, 5.41) is 12.4. The van der Waals surface area contributed by atoms with Crippen molar-refractivity contribution in [1.82, 2.24) is 10.2 Å². The Balaban J connectivity index is 2.02. The van der Waals surface area contributed by atoms with Gasteiger partial charge in [-0.1, -0.05) is 6.92 Å². The highest BCUT2D eigenvalue weighted by atomic mass is 16.5. The summed E-state index contributed by atoms with van der Waals surface area (Å²) in [6.07, 6.45) is 0.543. The molecule has 0 aliphatic carbocycles. The Hall–Kier alpha value is -1.14. The molecular formula is C13H22N2O4. The van der Waals surface area contributed by atoms with Crippen molar-refractivity contribution in [3.05, 3.63) is 0 Å². The minimum Gasteiger partial charge on any atom is -0.481 e. The lowest BCUT2D eigenvalue weighted by Crippen LogP contribution is -2.47. The first-order valence-electron chi connectivity index (χ1n) is 6.90. The largest absolute Gasteiger partial charge is 0.481 e. The Morgan fingerprint density at radius 3 is 2.68 bits per heavy atom. The van der Waals surface area contributed by atoms with E-state index in [2.05, 4.69) is 5.32 Å². The monoisotopic (exact) mass is 270 g/mol. The SMILES string of the molecule is CCNC1COCC1C(=O)N1CCC(C(=O)O)C1C. The van der Waals surface area contributed by atoms with E-state index in [0.29, 0.717) is 26.2 Å². The molecule has 4 atom stereocenters. The number of hydrogen-bond acceptors (Lipinski definition) is 4. The van der Waals surface area contributed by atoms with Crippen molar-refractivity contribution in [2.24, 2.45) is 11.8 Å². The summed E-state index contributed by atoms with van der Waals surface area (Å²) in [7, 11) is 0. The van der Waals surface area contributed by atoms with Gasteiger partial charge in [-0.15, -0.1) is 0 Å². The quantitative estimate of drug-likeness (QED) is 0.748. The molecule has 0 aromatic rings. The average Bonchev–Trinajstić information content (AvgIpc) is 2.95. The van der Waals surface area contributed by atoms with Crippen molar-refractivity contribution in [3.63, 3.8) is 0 Å². The van der Waals surface area contributed by atoms with Crippen LogP contribution >= 0.6 is 0 Å². The number of hydrogen-bond donors (Lipinski definition) is 2. The molecule has 6 nitrogen and oxygen atoms in total. The molecule has 2 aliphatic heterocycles. The highest BCUT2D eigenvalue weighted by Crippen LogP contribution is 2.28. The van der Waals surface area contributed by atoms with E-state index in [1.54, 1.807) is 4.90 Å². The number of nitrogens with zero attached hydrogens (tertiary/aromatic N) is 1. The van der Waals surface area contributed by atoms with Gasteiger partial charge in [-0.2, -0.15) is 0 Å². The van der Waals surface area contributed by atoms with Crippen LogP contribution in [0.3, 0.4) is 0 Å². The van der Waals surface area contributed by atoms with Gasteiger partial charge in [0.1, 0.15) is 0 Å². The molecule has 4 unspecified atom stereocenters. The molecule has 6 heteroatoms. The lowest BCUT2D eigenvalue weighted by Gasteiger charge is -2.28. The summed E-state index contributed by atoms with van der Waals surface area (Å²) in [5.41, 5.74) is 0. The highest BCUT2D eigenvalue weighted by Gasteiger charge is 2.43. The Labute approximate surface area is 113 Å². The van der Waals surface area contributed by atoms with E-state index in [-0.39, 0.29) is 23.9 Å². The minimum absolute atomic E-state index is 0.0275. The van der Waals surface area contributed by atoms with Crippen molar-refractivity contribution in [3.8, 4) is 0 Å². The Kier molecular flexibility index (Phi) is 4.42. The van der Waals surface area contributed by atoms with Crippen molar-refractivity contribution >= 4 is 11.9 Å². The number of carboxylic acids is 1. The number of amides is 1. The average molecular weight is 270 g/mol. The van der Waals surface area contributed by atoms with Crippen LogP contribution in [0.5, 0.6) is 0 Å². The van der Waals surface area contributed by atoms with Crippen molar-refractivity contribution in [1.29, 1.82) is 0 Å². The van der Waals surface area contributed by atoms with E-state index in [0.717, 1.165) is 6.54 Å². The molecular weight excluding hydrogens is 248 g/mol. The number of ether oxygens (including phenoxy) is 1. The Bertz CT molecular complexity index is 361. The Morgan fingerprint density at radius 1 is 1.37 bits per heavy atom. The van der Waals surface area contributed by atoms with Gasteiger partial charge in [-0.05, 0) is 19.9 Å². The van der Waals surface area contributed by atoms with Gasteiger partial charge in [0.05, 0.1) is 25.0 Å². The maximum Gasteiger partial charge on any atom is 0.308 e. The maximum absolute atomic E-state index is 12.5. The third-order valence-corrected chi connectivity index (χ3v) is 4.22. The van der Waals surface area contributed by atoms with Crippen LogP contribution in [0.2, 0.25) is 0 Å². The number of likely N-dealkylation sites (tertiary alicyclic amines) is 1. The lowest BCUT2D eigenvalue weighted by molar-refractivity contribution is -0.143. The predicted molar refractivity (Wildman–Crippen MR) is 68.7 cm³/mol. The molecule has 1 amide bonds. The molecule has 2 saturated heterocycles. The molecule has 2 N–H and O–H groups in total. The summed E-state index contributed by atoms with van der Waals surface area (Å²) in [6.45, 7) is 6.13. The highest BCUT2D eigenvalue weighted by molar-refractivity contribution is 5.82. The van der Waals surface area contributed by atoms with E-state index in [4.69, 9.17) is 9.84 Å². The standard InChI is InChI=1S/C13H22N2O4/c1-3-14-11-7-19-6-10(11)12(16)15-5-4-9(8(15)2)13(17)18/h8-11,14H,3-7H2,1-2H3,(H,17,18). The smallest absolute Gasteiger partial charge is 0.308 e. The van der Waals surface area contributed by atoms with Crippen molar-refractivity contribution in [2.75, 3.05) is 26.3 Å². The number of aliphatic carboxylic acids is 1. The number of carbonyl (C=O) groups excluding carboxylic acids is 1. The first-order chi connectivity index (χ1) is 9.06. The molecule has 2 aliphatic rings. The fourth-order valence-corrected chi connectivity index (χ4v) is 3.05. The zero-order valence-corrected chi connectivity index (χ0v) is 11.5. The fourth-order valence-electron chi connectivity index (χ4n) is 3.05.